The molecule has 0 radical (unpaired) electrons. The van der Waals surface area contributed by atoms with Gasteiger partial charge in [0.1, 0.15) is 0 Å². The number of halogens is 2. The lowest BCUT2D eigenvalue weighted by Gasteiger charge is -2.16. The first-order valence-electron chi connectivity index (χ1n) is 8.39. The van der Waals surface area contributed by atoms with Crippen LogP contribution < -0.4 is 10.6 Å². The van der Waals surface area contributed by atoms with Gasteiger partial charge < -0.3 is 10.6 Å². The van der Waals surface area contributed by atoms with Gasteiger partial charge in [0.05, 0.1) is 0 Å². The monoisotopic (exact) mass is 402 g/mol. The Hall–Kier alpha value is -0.580. The number of hydrogen-bond acceptors (Lipinski definition) is 2. The molecule has 5 heteroatoms. The predicted molar refractivity (Wildman–Crippen MR) is 102 cm³/mol. The van der Waals surface area contributed by atoms with E-state index in [1.165, 1.54) is 12.0 Å². The van der Waals surface area contributed by atoms with Crippen LogP contribution in [-0.2, 0) is 11.2 Å². The number of hydrogen-bond donors (Lipinski definition) is 2. The van der Waals surface area contributed by atoms with E-state index >= 15 is 0 Å². The van der Waals surface area contributed by atoms with E-state index in [1.54, 1.807) is 0 Å². The van der Waals surface area contributed by atoms with E-state index in [9.17, 15) is 4.79 Å². The summed E-state index contributed by atoms with van der Waals surface area (Å²) in [5.41, 5.74) is 1.33. The van der Waals surface area contributed by atoms with E-state index in [1.807, 2.05) is 6.07 Å². The Labute approximate surface area is 154 Å². The van der Waals surface area contributed by atoms with Crippen molar-refractivity contribution in [3.63, 3.8) is 0 Å². The standard InChI is InChI=1S/C18H27BrN2O.ClH/c1-2-14(10-16-4-3-5-17(19)11-16)13-21-18(22)7-6-15-8-9-20-12-15;/h3-5,11,14-15,20H,2,6-10,12-13H2,1H3,(H,21,22);1H. The molecule has 130 valence electrons. The van der Waals surface area contributed by atoms with Crippen LogP contribution >= 0.6 is 28.3 Å². The molecule has 1 aliphatic rings. The summed E-state index contributed by atoms with van der Waals surface area (Å²) < 4.78 is 1.12. The molecule has 2 atom stereocenters. The zero-order valence-corrected chi connectivity index (χ0v) is 16.2. The van der Waals surface area contributed by atoms with E-state index in [0.29, 0.717) is 18.3 Å². The van der Waals surface area contributed by atoms with E-state index in [2.05, 4.69) is 51.7 Å². The quantitative estimate of drug-likeness (QED) is 0.690. The van der Waals surface area contributed by atoms with Gasteiger partial charge in [0, 0.05) is 17.4 Å². The first-order chi connectivity index (χ1) is 10.7. The summed E-state index contributed by atoms with van der Waals surface area (Å²) in [5, 5.41) is 6.47. The first-order valence-corrected chi connectivity index (χ1v) is 9.18. The Morgan fingerprint density at radius 1 is 1.48 bits per heavy atom. The molecule has 0 aliphatic carbocycles. The Kier molecular flexibility index (Phi) is 9.84. The fraction of sp³-hybridized carbons (Fsp3) is 0.611. The van der Waals surface area contributed by atoms with Gasteiger partial charge in [-0.3, -0.25) is 4.79 Å². The molecule has 1 aliphatic heterocycles. The maximum Gasteiger partial charge on any atom is 0.220 e. The lowest BCUT2D eigenvalue weighted by Crippen LogP contribution is -2.30. The van der Waals surface area contributed by atoms with Crippen molar-refractivity contribution in [2.45, 2.75) is 39.0 Å². The minimum absolute atomic E-state index is 0. The average Bonchev–Trinajstić information content (AvgIpc) is 3.03. The van der Waals surface area contributed by atoms with Crippen LogP contribution in [0.1, 0.15) is 38.2 Å². The van der Waals surface area contributed by atoms with Crippen molar-refractivity contribution in [1.29, 1.82) is 0 Å². The molecule has 0 spiro atoms. The van der Waals surface area contributed by atoms with Crippen LogP contribution in [-0.4, -0.2) is 25.5 Å². The zero-order valence-electron chi connectivity index (χ0n) is 13.8. The van der Waals surface area contributed by atoms with Crippen molar-refractivity contribution in [3.8, 4) is 0 Å². The summed E-state index contributed by atoms with van der Waals surface area (Å²) in [6, 6.07) is 8.43. The Bertz CT molecular complexity index is 478. The first kappa shape index (κ1) is 20.5. The van der Waals surface area contributed by atoms with Gasteiger partial charge in [0.25, 0.3) is 0 Å². The third kappa shape index (κ3) is 7.69. The van der Waals surface area contributed by atoms with Crippen molar-refractivity contribution in [2.24, 2.45) is 11.8 Å². The summed E-state index contributed by atoms with van der Waals surface area (Å²) in [5.74, 6) is 1.40. The number of rotatable bonds is 8. The minimum Gasteiger partial charge on any atom is -0.356 e. The highest BCUT2D eigenvalue weighted by Gasteiger charge is 2.16. The van der Waals surface area contributed by atoms with Crippen molar-refractivity contribution in [3.05, 3.63) is 34.3 Å². The summed E-state index contributed by atoms with van der Waals surface area (Å²) in [6.07, 6.45) is 5.00. The molecule has 2 unspecified atom stereocenters. The van der Waals surface area contributed by atoms with Crippen LogP contribution in [0, 0.1) is 11.8 Å². The molecule has 2 rings (SSSR count). The molecule has 23 heavy (non-hydrogen) atoms. The van der Waals surface area contributed by atoms with Gasteiger partial charge in [0.2, 0.25) is 5.91 Å². The van der Waals surface area contributed by atoms with Crippen LogP contribution in [0.25, 0.3) is 0 Å². The maximum atomic E-state index is 12.0. The van der Waals surface area contributed by atoms with Crippen LogP contribution in [0.3, 0.4) is 0 Å². The SMILES string of the molecule is CCC(CNC(=O)CCC1CCNC1)Cc1cccc(Br)c1.Cl. The molecule has 1 fully saturated rings. The van der Waals surface area contributed by atoms with E-state index in [-0.39, 0.29) is 18.3 Å². The number of carbonyl (C=O) groups is 1. The molecule has 0 bridgehead atoms. The van der Waals surface area contributed by atoms with Gasteiger partial charge in [-0.15, -0.1) is 12.4 Å². The second-order valence-electron chi connectivity index (χ2n) is 6.31. The smallest absolute Gasteiger partial charge is 0.220 e. The largest absolute Gasteiger partial charge is 0.356 e. The van der Waals surface area contributed by atoms with Crippen molar-refractivity contribution >= 4 is 34.2 Å². The molecule has 3 nitrogen and oxygen atoms in total. The number of amides is 1. The van der Waals surface area contributed by atoms with Gasteiger partial charge in [-0.2, -0.15) is 0 Å². The molecule has 1 saturated heterocycles. The number of benzene rings is 1. The Morgan fingerprint density at radius 2 is 2.30 bits per heavy atom. The lowest BCUT2D eigenvalue weighted by atomic mass is 9.96. The predicted octanol–water partition coefficient (Wildman–Crippen LogP) is 3.95. The van der Waals surface area contributed by atoms with Crippen LogP contribution in [0.15, 0.2) is 28.7 Å². The van der Waals surface area contributed by atoms with Crippen molar-refractivity contribution in [1.82, 2.24) is 10.6 Å². The van der Waals surface area contributed by atoms with Gasteiger partial charge in [-0.25, -0.2) is 0 Å². The van der Waals surface area contributed by atoms with Gasteiger partial charge in [0.15, 0.2) is 0 Å². The molecule has 0 saturated carbocycles. The number of nitrogens with one attached hydrogen (secondary N) is 2. The number of carbonyl (C=O) groups excluding carboxylic acids is 1. The highest BCUT2D eigenvalue weighted by atomic mass is 79.9. The fourth-order valence-electron chi connectivity index (χ4n) is 3.00. The van der Waals surface area contributed by atoms with Crippen molar-refractivity contribution in [2.75, 3.05) is 19.6 Å². The molecule has 0 aromatic heterocycles. The normalized spacial score (nSPS) is 18.3. The molecule has 1 aromatic carbocycles. The lowest BCUT2D eigenvalue weighted by molar-refractivity contribution is -0.121. The second-order valence-corrected chi connectivity index (χ2v) is 7.23. The minimum atomic E-state index is 0. The molecule has 2 N–H and O–H groups in total. The second kappa shape index (κ2) is 11.1. The zero-order chi connectivity index (χ0) is 15.8. The Balaban J connectivity index is 0.00000264. The maximum absolute atomic E-state index is 12.0. The molecule has 1 amide bonds. The van der Waals surface area contributed by atoms with E-state index in [0.717, 1.165) is 43.4 Å². The highest BCUT2D eigenvalue weighted by molar-refractivity contribution is 9.10. The van der Waals surface area contributed by atoms with Crippen molar-refractivity contribution < 1.29 is 4.79 Å². The van der Waals surface area contributed by atoms with Gasteiger partial charge in [-0.05, 0) is 61.9 Å². The summed E-state index contributed by atoms with van der Waals surface area (Å²) in [6.45, 7) is 5.16. The molecular weight excluding hydrogens is 376 g/mol. The molecule has 1 heterocycles. The van der Waals surface area contributed by atoms with Crippen LogP contribution in [0.2, 0.25) is 0 Å². The highest BCUT2D eigenvalue weighted by Crippen LogP contribution is 2.17. The third-order valence-corrected chi connectivity index (χ3v) is 5.01. The fourth-order valence-corrected chi connectivity index (χ4v) is 3.45. The van der Waals surface area contributed by atoms with Crippen LogP contribution in [0.5, 0.6) is 0 Å². The summed E-state index contributed by atoms with van der Waals surface area (Å²) in [7, 11) is 0. The summed E-state index contributed by atoms with van der Waals surface area (Å²) in [4.78, 5) is 12.0. The Morgan fingerprint density at radius 3 is 2.96 bits per heavy atom. The molecule has 1 aromatic rings. The van der Waals surface area contributed by atoms with Crippen LogP contribution in [0.4, 0.5) is 0 Å². The molecular formula is C18H28BrClN2O. The van der Waals surface area contributed by atoms with E-state index in [4.69, 9.17) is 0 Å². The van der Waals surface area contributed by atoms with E-state index < -0.39 is 0 Å². The third-order valence-electron chi connectivity index (χ3n) is 4.52. The summed E-state index contributed by atoms with van der Waals surface area (Å²) >= 11 is 3.51. The van der Waals surface area contributed by atoms with Gasteiger partial charge in [-0.1, -0.05) is 41.4 Å². The average molecular weight is 404 g/mol. The topological polar surface area (TPSA) is 41.1 Å². The van der Waals surface area contributed by atoms with Gasteiger partial charge >= 0.3 is 0 Å².